The molecule has 0 aromatic heterocycles. The number of fused-ring (bicyclic) bond motifs is 2. The topological polar surface area (TPSA) is 75.3 Å². The van der Waals surface area contributed by atoms with Gasteiger partial charge in [-0.3, -0.25) is 9.52 Å². The van der Waals surface area contributed by atoms with Crippen LogP contribution >= 0.6 is 0 Å². The van der Waals surface area contributed by atoms with Crippen LogP contribution in [0.25, 0.3) is 0 Å². The lowest BCUT2D eigenvalue weighted by Gasteiger charge is -2.23. The van der Waals surface area contributed by atoms with Crippen molar-refractivity contribution in [3.05, 3.63) is 60.2 Å². The molecule has 0 spiro atoms. The first-order valence-corrected chi connectivity index (χ1v) is 10.5. The zero-order valence-electron chi connectivity index (χ0n) is 14.4. The Morgan fingerprint density at radius 1 is 0.923 bits per heavy atom. The Labute approximate surface area is 153 Å². The van der Waals surface area contributed by atoms with Crippen molar-refractivity contribution in [2.75, 3.05) is 4.72 Å². The van der Waals surface area contributed by atoms with Crippen LogP contribution in [0.15, 0.2) is 59.5 Å². The molecular weight excluding hydrogens is 348 g/mol. The summed E-state index contributed by atoms with van der Waals surface area (Å²) in [5.41, 5.74) is 0.659. The van der Waals surface area contributed by atoms with Crippen molar-refractivity contribution in [2.24, 2.45) is 11.8 Å². The van der Waals surface area contributed by atoms with Crippen LogP contribution in [0, 0.1) is 11.8 Å². The fourth-order valence-corrected chi connectivity index (χ4v) is 5.34. The SMILES string of the molecule is O=C(NC1CC2CCC1C2)c1ccccc1NS(=O)(=O)c1ccccc1. The highest BCUT2D eigenvalue weighted by atomic mass is 32.2. The first kappa shape index (κ1) is 17.1. The van der Waals surface area contributed by atoms with Gasteiger partial charge in [-0.1, -0.05) is 36.8 Å². The zero-order valence-corrected chi connectivity index (χ0v) is 15.2. The van der Waals surface area contributed by atoms with Crippen LogP contribution in [0.4, 0.5) is 5.69 Å². The third kappa shape index (κ3) is 3.33. The number of carbonyl (C=O) groups is 1. The van der Waals surface area contributed by atoms with E-state index in [9.17, 15) is 13.2 Å². The number of anilines is 1. The molecule has 3 atom stereocenters. The van der Waals surface area contributed by atoms with Crippen LogP contribution in [0.1, 0.15) is 36.0 Å². The summed E-state index contributed by atoms with van der Waals surface area (Å²) < 4.78 is 27.7. The van der Waals surface area contributed by atoms with E-state index in [4.69, 9.17) is 0 Å². The van der Waals surface area contributed by atoms with Gasteiger partial charge in [0.05, 0.1) is 16.1 Å². The predicted octanol–water partition coefficient (Wildman–Crippen LogP) is 3.41. The second-order valence-electron chi connectivity index (χ2n) is 7.22. The molecule has 26 heavy (non-hydrogen) atoms. The normalized spacial score (nSPS) is 24.4. The highest BCUT2D eigenvalue weighted by Crippen LogP contribution is 2.44. The first-order chi connectivity index (χ1) is 12.5. The Hall–Kier alpha value is -2.34. The maximum absolute atomic E-state index is 12.8. The molecule has 1 amide bonds. The van der Waals surface area contributed by atoms with Gasteiger partial charge in [0, 0.05) is 6.04 Å². The lowest BCUT2D eigenvalue weighted by atomic mass is 9.95. The van der Waals surface area contributed by atoms with Crippen LogP contribution < -0.4 is 10.0 Å². The van der Waals surface area contributed by atoms with E-state index in [0.29, 0.717) is 17.2 Å². The van der Waals surface area contributed by atoms with E-state index in [2.05, 4.69) is 10.0 Å². The number of hydrogen-bond donors (Lipinski definition) is 2. The van der Waals surface area contributed by atoms with Crippen LogP contribution in [0.5, 0.6) is 0 Å². The molecule has 3 unspecified atom stereocenters. The van der Waals surface area contributed by atoms with Crippen LogP contribution in [0.2, 0.25) is 0 Å². The zero-order chi connectivity index (χ0) is 18.1. The molecule has 0 saturated heterocycles. The van der Waals surface area contributed by atoms with Gasteiger partial charge in [0.2, 0.25) is 0 Å². The number of sulfonamides is 1. The van der Waals surface area contributed by atoms with E-state index in [-0.39, 0.29) is 16.8 Å². The van der Waals surface area contributed by atoms with E-state index in [1.54, 1.807) is 42.5 Å². The van der Waals surface area contributed by atoms with Crippen LogP contribution in [0.3, 0.4) is 0 Å². The third-order valence-corrected chi connectivity index (χ3v) is 6.91. The smallest absolute Gasteiger partial charge is 0.261 e. The van der Waals surface area contributed by atoms with Gasteiger partial charge in [-0.15, -0.1) is 0 Å². The van der Waals surface area contributed by atoms with E-state index in [1.165, 1.54) is 31.4 Å². The molecule has 5 nitrogen and oxygen atoms in total. The molecule has 2 aromatic rings. The van der Waals surface area contributed by atoms with Gasteiger partial charge in [-0.2, -0.15) is 0 Å². The Morgan fingerprint density at radius 3 is 2.35 bits per heavy atom. The summed E-state index contributed by atoms with van der Waals surface area (Å²) in [6.07, 6.45) is 4.68. The molecule has 2 aliphatic carbocycles. The van der Waals surface area contributed by atoms with Gasteiger partial charge in [-0.05, 0) is 55.4 Å². The van der Waals surface area contributed by atoms with Crippen molar-refractivity contribution >= 4 is 21.6 Å². The van der Waals surface area contributed by atoms with Crippen LogP contribution in [-0.2, 0) is 10.0 Å². The Kier molecular flexibility index (Phi) is 4.44. The van der Waals surface area contributed by atoms with Crippen molar-refractivity contribution in [2.45, 2.75) is 36.6 Å². The van der Waals surface area contributed by atoms with Crippen molar-refractivity contribution in [3.63, 3.8) is 0 Å². The van der Waals surface area contributed by atoms with Crippen molar-refractivity contribution in [1.29, 1.82) is 0 Å². The number of benzene rings is 2. The van der Waals surface area contributed by atoms with Gasteiger partial charge in [-0.25, -0.2) is 8.42 Å². The largest absolute Gasteiger partial charge is 0.349 e. The lowest BCUT2D eigenvalue weighted by molar-refractivity contribution is 0.0924. The van der Waals surface area contributed by atoms with E-state index >= 15 is 0 Å². The average molecular weight is 370 g/mol. The number of hydrogen-bond acceptors (Lipinski definition) is 3. The minimum absolute atomic E-state index is 0.170. The molecule has 2 fully saturated rings. The summed E-state index contributed by atoms with van der Waals surface area (Å²) in [4.78, 5) is 12.9. The molecule has 2 saturated carbocycles. The molecule has 136 valence electrons. The molecule has 6 heteroatoms. The molecular formula is C20H22N2O3S. The average Bonchev–Trinajstić information content (AvgIpc) is 3.25. The molecule has 2 N–H and O–H groups in total. The Morgan fingerprint density at radius 2 is 1.65 bits per heavy atom. The molecule has 4 rings (SSSR count). The summed E-state index contributed by atoms with van der Waals surface area (Å²) in [6.45, 7) is 0. The minimum atomic E-state index is -3.73. The minimum Gasteiger partial charge on any atom is -0.349 e. The number of rotatable bonds is 5. The maximum atomic E-state index is 12.8. The molecule has 2 aromatic carbocycles. The molecule has 0 heterocycles. The fraction of sp³-hybridized carbons (Fsp3) is 0.350. The van der Waals surface area contributed by atoms with Crippen molar-refractivity contribution in [1.82, 2.24) is 5.32 Å². The number of nitrogens with one attached hydrogen (secondary N) is 2. The summed E-state index contributed by atoms with van der Waals surface area (Å²) in [5.74, 6) is 1.09. The molecule has 2 aliphatic rings. The maximum Gasteiger partial charge on any atom is 0.261 e. The number of para-hydroxylation sites is 1. The van der Waals surface area contributed by atoms with Crippen molar-refractivity contribution < 1.29 is 13.2 Å². The second-order valence-corrected chi connectivity index (χ2v) is 8.90. The standard InChI is InChI=1S/C20H22N2O3S/c23-20(21-19-13-14-10-11-15(19)12-14)17-8-4-5-9-18(17)22-26(24,25)16-6-2-1-3-7-16/h1-9,14-15,19,22H,10-13H2,(H,21,23). The van der Waals surface area contributed by atoms with Gasteiger partial charge in [0.15, 0.2) is 0 Å². The van der Waals surface area contributed by atoms with Gasteiger partial charge in [0.25, 0.3) is 15.9 Å². The number of carbonyl (C=O) groups excluding carboxylic acids is 1. The lowest BCUT2D eigenvalue weighted by Crippen LogP contribution is -2.38. The molecule has 0 radical (unpaired) electrons. The predicted molar refractivity (Wildman–Crippen MR) is 100 cm³/mol. The van der Waals surface area contributed by atoms with E-state index in [0.717, 1.165) is 12.3 Å². The van der Waals surface area contributed by atoms with E-state index in [1.807, 2.05) is 0 Å². The molecule has 2 bridgehead atoms. The first-order valence-electron chi connectivity index (χ1n) is 9.01. The highest BCUT2D eigenvalue weighted by Gasteiger charge is 2.40. The highest BCUT2D eigenvalue weighted by molar-refractivity contribution is 7.92. The summed E-state index contributed by atoms with van der Waals surface area (Å²) in [7, 11) is -3.73. The summed E-state index contributed by atoms with van der Waals surface area (Å²) >= 11 is 0. The van der Waals surface area contributed by atoms with Gasteiger partial charge in [0.1, 0.15) is 0 Å². The second kappa shape index (κ2) is 6.76. The quantitative estimate of drug-likeness (QED) is 0.847. The Bertz CT molecular complexity index is 912. The third-order valence-electron chi connectivity index (χ3n) is 5.52. The van der Waals surface area contributed by atoms with Gasteiger partial charge < -0.3 is 5.32 Å². The molecule has 0 aliphatic heterocycles. The van der Waals surface area contributed by atoms with Crippen molar-refractivity contribution in [3.8, 4) is 0 Å². The van der Waals surface area contributed by atoms with Gasteiger partial charge >= 0.3 is 0 Å². The van der Waals surface area contributed by atoms with Crippen LogP contribution in [-0.4, -0.2) is 20.4 Å². The summed E-state index contributed by atoms with van der Waals surface area (Å²) in [5, 5.41) is 3.12. The monoisotopic (exact) mass is 370 g/mol. The fourth-order valence-electron chi connectivity index (χ4n) is 4.24. The number of amides is 1. The Balaban J connectivity index is 1.54. The summed E-state index contributed by atoms with van der Waals surface area (Å²) in [6, 6.07) is 15.1. The van der Waals surface area contributed by atoms with E-state index < -0.39 is 10.0 Å².